The SMILES string of the molecule is CC(C)(CCCO[Si](C)(C)C(C)(C)C)CN(CC(O)C(Cc1ccccc1)NC(=O)OC1COC2OCCC12)S(=O)(=O)c1ccc2c(c1)OCO2. The average molecular weight is 749 g/mol. The average Bonchev–Trinajstić information content (AvgIpc) is 3.81. The highest BCUT2D eigenvalue weighted by Crippen LogP contribution is 2.38. The fourth-order valence-electron chi connectivity index (χ4n) is 6.44. The van der Waals surface area contributed by atoms with Gasteiger partial charge >= 0.3 is 6.09 Å². The van der Waals surface area contributed by atoms with Crippen LogP contribution in [0.15, 0.2) is 53.4 Å². The van der Waals surface area contributed by atoms with Gasteiger partial charge in [-0.15, -0.1) is 0 Å². The van der Waals surface area contributed by atoms with Crippen LogP contribution in [0.3, 0.4) is 0 Å². The molecule has 2 saturated heterocycles. The Morgan fingerprint density at radius 1 is 1.06 bits per heavy atom. The van der Waals surface area contributed by atoms with Gasteiger partial charge < -0.3 is 38.5 Å². The fraction of sp³-hybridized carbons (Fsp3) is 0.649. The monoisotopic (exact) mass is 748 g/mol. The summed E-state index contributed by atoms with van der Waals surface area (Å²) in [5, 5.41) is 14.8. The van der Waals surface area contributed by atoms with Gasteiger partial charge in [-0.05, 0) is 66.9 Å². The molecule has 5 atom stereocenters. The van der Waals surface area contributed by atoms with Crippen LogP contribution in [0.4, 0.5) is 4.79 Å². The summed E-state index contributed by atoms with van der Waals surface area (Å²) in [6, 6.07) is 13.1. The summed E-state index contributed by atoms with van der Waals surface area (Å²) in [5.74, 6) is 0.761. The first-order chi connectivity index (χ1) is 23.9. The van der Waals surface area contributed by atoms with E-state index in [9.17, 15) is 18.3 Å². The number of aliphatic hydroxyl groups is 1. The molecule has 51 heavy (non-hydrogen) atoms. The molecular weight excluding hydrogens is 693 g/mol. The number of aliphatic hydroxyl groups excluding tert-OH is 1. The summed E-state index contributed by atoms with van der Waals surface area (Å²) < 4.78 is 64.5. The van der Waals surface area contributed by atoms with Gasteiger partial charge in [-0.1, -0.05) is 65.0 Å². The van der Waals surface area contributed by atoms with Crippen LogP contribution in [0.5, 0.6) is 11.5 Å². The molecule has 14 heteroatoms. The second kappa shape index (κ2) is 16.1. The molecule has 12 nitrogen and oxygen atoms in total. The fourth-order valence-corrected chi connectivity index (χ4v) is 9.19. The number of benzene rings is 2. The van der Waals surface area contributed by atoms with Gasteiger partial charge in [0, 0.05) is 25.8 Å². The van der Waals surface area contributed by atoms with E-state index in [0.717, 1.165) is 18.4 Å². The van der Waals surface area contributed by atoms with Gasteiger partial charge in [0.15, 0.2) is 26.1 Å². The molecule has 3 aliphatic heterocycles. The summed E-state index contributed by atoms with van der Waals surface area (Å²) >= 11 is 0. The van der Waals surface area contributed by atoms with E-state index in [1.807, 2.05) is 44.2 Å². The molecule has 3 heterocycles. The predicted molar refractivity (Wildman–Crippen MR) is 195 cm³/mol. The smallest absolute Gasteiger partial charge is 0.407 e. The topological polar surface area (TPSA) is 142 Å². The number of nitrogens with one attached hydrogen (secondary N) is 1. The number of carbonyl (C=O) groups is 1. The van der Waals surface area contributed by atoms with Crippen molar-refractivity contribution in [3.05, 3.63) is 54.1 Å². The van der Waals surface area contributed by atoms with Gasteiger partial charge in [-0.2, -0.15) is 4.31 Å². The van der Waals surface area contributed by atoms with Gasteiger partial charge in [0.2, 0.25) is 16.8 Å². The number of amides is 1. The van der Waals surface area contributed by atoms with E-state index >= 15 is 0 Å². The number of carbonyl (C=O) groups excluding carboxylic acids is 1. The Kier molecular flexibility index (Phi) is 12.5. The zero-order chi connectivity index (χ0) is 37.0. The number of hydrogen-bond donors (Lipinski definition) is 2. The summed E-state index contributed by atoms with van der Waals surface area (Å²) in [7, 11) is -6.08. The molecule has 0 spiro atoms. The van der Waals surface area contributed by atoms with Crippen LogP contribution in [0.2, 0.25) is 18.1 Å². The molecule has 1 amide bonds. The Hall–Kier alpha value is -2.72. The molecule has 0 bridgehead atoms. The standard InChI is InChI=1S/C37H56N2O10SSi/c1-36(2,3)51(6,7)48-18-11-17-37(4,5)24-39(50(42,43)27-14-15-31-32(21-27)47-25-46-31)22-30(40)29(20-26-12-9-8-10-13-26)38-35(41)49-33-23-45-34-28(33)16-19-44-34/h8-10,12-15,21,28-30,33-34,40H,11,16-20,22-25H2,1-7H3,(H,38,41). The lowest BCUT2D eigenvalue weighted by atomic mass is 9.87. The molecule has 3 aliphatic rings. The van der Waals surface area contributed by atoms with E-state index in [2.05, 4.69) is 39.2 Å². The number of sulfonamides is 1. The second-order valence-corrected chi connectivity index (χ2v) is 22.9. The van der Waals surface area contributed by atoms with Crippen LogP contribution in [0, 0.1) is 11.3 Å². The maximum absolute atomic E-state index is 14.4. The van der Waals surface area contributed by atoms with E-state index in [4.69, 9.17) is 28.1 Å². The van der Waals surface area contributed by atoms with Crippen molar-refractivity contribution in [3.63, 3.8) is 0 Å². The Morgan fingerprint density at radius 3 is 2.51 bits per heavy atom. The van der Waals surface area contributed by atoms with Gasteiger partial charge in [0.05, 0.1) is 36.2 Å². The van der Waals surface area contributed by atoms with Crippen LogP contribution in [-0.2, 0) is 35.1 Å². The third-order valence-corrected chi connectivity index (χ3v) is 16.9. The van der Waals surface area contributed by atoms with E-state index in [1.165, 1.54) is 16.4 Å². The van der Waals surface area contributed by atoms with Crippen molar-refractivity contribution in [2.45, 2.75) is 108 Å². The summed E-state index contributed by atoms with van der Waals surface area (Å²) in [6.07, 6.45) is -0.435. The van der Waals surface area contributed by atoms with E-state index in [0.29, 0.717) is 31.1 Å². The van der Waals surface area contributed by atoms with E-state index in [-0.39, 0.29) is 55.1 Å². The van der Waals surface area contributed by atoms with Crippen molar-refractivity contribution in [2.75, 3.05) is 39.7 Å². The third kappa shape index (κ3) is 10.0. The molecule has 2 aromatic rings. The van der Waals surface area contributed by atoms with Crippen LogP contribution >= 0.6 is 0 Å². The van der Waals surface area contributed by atoms with Crippen molar-refractivity contribution < 1.29 is 46.4 Å². The number of fused-ring (bicyclic) bond motifs is 2. The third-order valence-electron chi connectivity index (χ3n) is 10.6. The predicted octanol–water partition coefficient (Wildman–Crippen LogP) is 5.69. The number of alkyl carbamates (subject to hydrolysis) is 1. The highest BCUT2D eigenvalue weighted by atomic mass is 32.2. The van der Waals surface area contributed by atoms with Crippen molar-refractivity contribution in [1.29, 1.82) is 0 Å². The van der Waals surface area contributed by atoms with Gasteiger partial charge in [0.25, 0.3) is 0 Å². The normalized spacial score (nSPS) is 21.8. The quantitative estimate of drug-likeness (QED) is 0.162. The second-order valence-electron chi connectivity index (χ2n) is 16.2. The lowest BCUT2D eigenvalue weighted by Crippen LogP contribution is -2.52. The largest absolute Gasteiger partial charge is 0.454 e. The van der Waals surface area contributed by atoms with Gasteiger partial charge in [0.1, 0.15) is 6.10 Å². The summed E-state index contributed by atoms with van der Waals surface area (Å²) in [6.45, 7) is 16.3. The van der Waals surface area contributed by atoms with Gasteiger partial charge in [-0.25, -0.2) is 13.2 Å². The summed E-state index contributed by atoms with van der Waals surface area (Å²) in [4.78, 5) is 13.3. The maximum Gasteiger partial charge on any atom is 0.407 e. The lowest BCUT2D eigenvalue weighted by molar-refractivity contribution is -0.0907. The number of nitrogens with zero attached hydrogens (tertiary/aromatic N) is 1. The van der Waals surface area contributed by atoms with Gasteiger partial charge in [-0.3, -0.25) is 0 Å². The molecule has 0 radical (unpaired) electrons. The van der Waals surface area contributed by atoms with Crippen molar-refractivity contribution >= 4 is 24.4 Å². The van der Waals surface area contributed by atoms with E-state index < -0.39 is 48.1 Å². The van der Waals surface area contributed by atoms with Crippen molar-refractivity contribution in [3.8, 4) is 11.5 Å². The molecule has 0 saturated carbocycles. The first kappa shape index (κ1) is 39.5. The molecule has 2 fully saturated rings. The van der Waals surface area contributed by atoms with Crippen molar-refractivity contribution in [2.24, 2.45) is 11.3 Å². The van der Waals surface area contributed by atoms with Crippen LogP contribution in [-0.4, -0.2) is 96.5 Å². The molecule has 0 aliphatic carbocycles. The highest BCUT2D eigenvalue weighted by Gasteiger charge is 2.44. The summed E-state index contributed by atoms with van der Waals surface area (Å²) in [5.41, 5.74) is 0.381. The lowest BCUT2D eigenvalue weighted by Gasteiger charge is -2.37. The maximum atomic E-state index is 14.4. The highest BCUT2D eigenvalue weighted by molar-refractivity contribution is 7.89. The molecule has 0 aromatic heterocycles. The zero-order valence-electron chi connectivity index (χ0n) is 31.1. The molecule has 5 unspecified atom stereocenters. The Bertz CT molecular complexity index is 1580. The number of ether oxygens (including phenoxy) is 5. The minimum absolute atomic E-state index is 0.00951. The minimum atomic E-state index is -4.15. The first-order valence-corrected chi connectivity index (χ1v) is 22.3. The Labute approximate surface area is 304 Å². The van der Waals surface area contributed by atoms with Crippen LogP contribution < -0.4 is 14.8 Å². The first-order valence-electron chi connectivity index (χ1n) is 17.9. The number of hydrogen-bond acceptors (Lipinski definition) is 10. The Morgan fingerprint density at radius 2 is 1.78 bits per heavy atom. The zero-order valence-corrected chi connectivity index (χ0v) is 32.9. The Balaban J connectivity index is 1.35. The number of rotatable bonds is 16. The molecule has 2 aromatic carbocycles. The molecular formula is C37H56N2O10SSi. The van der Waals surface area contributed by atoms with E-state index in [1.54, 1.807) is 6.07 Å². The van der Waals surface area contributed by atoms with Crippen LogP contribution in [0.25, 0.3) is 0 Å². The van der Waals surface area contributed by atoms with Crippen LogP contribution in [0.1, 0.15) is 59.4 Å². The minimum Gasteiger partial charge on any atom is -0.454 e. The molecule has 284 valence electrons. The molecule has 5 rings (SSSR count). The van der Waals surface area contributed by atoms with Crippen molar-refractivity contribution in [1.82, 2.24) is 9.62 Å². The molecule has 2 N–H and O–H groups in total.